The van der Waals surface area contributed by atoms with Crippen LogP contribution in [-0.2, 0) is 19.6 Å². The summed E-state index contributed by atoms with van der Waals surface area (Å²) in [5, 5.41) is 15.4. The average molecular weight is 582 g/mol. The number of aryl methyl sites for hydroxylation is 1. The standard InChI is InChI=1S/C28H31N5O7S/c1-3-40-25-9-6-23(7-10-25)32(41(37,38)26-11-4-21(2)5-12-26)20-28(34)30-29-19-22-18-24(33(35)36)8-13-27(22)31-14-16-39-17-15-31/h4-13,18-19H,3,14-17,20H2,1-2H3,(H,30,34)/b29-19-. The number of anilines is 2. The molecule has 0 aromatic heterocycles. The summed E-state index contributed by atoms with van der Waals surface area (Å²) in [6.07, 6.45) is 1.31. The van der Waals surface area contributed by atoms with Gasteiger partial charge in [-0.1, -0.05) is 17.7 Å². The Bertz CT molecular complexity index is 1500. The van der Waals surface area contributed by atoms with Crippen molar-refractivity contribution < 1.29 is 27.6 Å². The number of hydrogen-bond acceptors (Lipinski definition) is 9. The molecule has 1 heterocycles. The maximum atomic E-state index is 13.6. The van der Waals surface area contributed by atoms with Gasteiger partial charge in [0, 0.05) is 36.5 Å². The number of ether oxygens (including phenoxy) is 2. The SMILES string of the molecule is CCOc1ccc(N(CC(=O)N/N=C\c2cc([N+](=O)[O-])ccc2N2CCOCC2)S(=O)(=O)c2ccc(C)cc2)cc1. The number of nitrogens with one attached hydrogen (secondary N) is 1. The average Bonchev–Trinajstić information content (AvgIpc) is 2.97. The molecule has 0 radical (unpaired) electrons. The number of nitro benzene ring substituents is 1. The zero-order valence-electron chi connectivity index (χ0n) is 22.7. The molecule has 41 heavy (non-hydrogen) atoms. The van der Waals surface area contributed by atoms with Gasteiger partial charge >= 0.3 is 0 Å². The van der Waals surface area contributed by atoms with Gasteiger partial charge in [0.05, 0.1) is 41.5 Å². The highest BCUT2D eigenvalue weighted by Gasteiger charge is 2.27. The largest absolute Gasteiger partial charge is 0.494 e. The number of benzene rings is 3. The molecular formula is C28H31N5O7S. The van der Waals surface area contributed by atoms with Gasteiger partial charge in [0.25, 0.3) is 21.6 Å². The molecule has 1 aliphatic rings. The Balaban J connectivity index is 1.57. The Hall–Kier alpha value is -4.49. The van der Waals surface area contributed by atoms with Gasteiger partial charge in [-0.2, -0.15) is 5.10 Å². The molecule has 1 aliphatic heterocycles. The third kappa shape index (κ3) is 7.38. The smallest absolute Gasteiger partial charge is 0.270 e. The third-order valence-corrected chi connectivity index (χ3v) is 8.09. The second kappa shape index (κ2) is 13.2. The molecule has 4 rings (SSSR count). The number of amides is 1. The lowest BCUT2D eigenvalue weighted by atomic mass is 10.1. The van der Waals surface area contributed by atoms with Crippen LogP contribution in [-0.4, -0.2) is 64.9 Å². The van der Waals surface area contributed by atoms with Crippen molar-refractivity contribution in [3.05, 3.63) is 88.0 Å². The molecular weight excluding hydrogens is 550 g/mol. The van der Waals surface area contributed by atoms with E-state index in [9.17, 15) is 23.3 Å². The minimum atomic E-state index is -4.12. The number of nitrogens with zero attached hydrogens (tertiary/aromatic N) is 4. The molecule has 0 saturated carbocycles. The van der Waals surface area contributed by atoms with E-state index in [-0.39, 0.29) is 16.3 Å². The summed E-state index contributed by atoms with van der Waals surface area (Å²) >= 11 is 0. The number of non-ortho nitro benzene ring substituents is 1. The number of hydrazone groups is 1. The van der Waals surface area contributed by atoms with Crippen LogP contribution in [0.15, 0.2) is 76.7 Å². The molecule has 12 nitrogen and oxygen atoms in total. The van der Waals surface area contributed by atoms with Crippen LogP contribution < -0.4 is 19.4 Å². The fourth-order valence-corrected chi connectivity index (χ4v) is 5.64. The Morgan fingerprint density at radius 3 is 2.44 bits per heavy atom. The molecule has 3 aromatic rings. The van der Waals surface area contributed by atoms with Crippen LogP contribution in [0.4, 0.5) is 17.1 Å². The summed E-state index contributed by atoms with van der Waals surface area (Å²) in [7, 11) is -4.12. The van der Waals surface area contributed by atoms with E-state index >= 15 is 0 Å². The molecule has 0 bridgehead atoms. The van der Waals surface area contributed by atoms with Gasteiger partial charge < -0.3 is 14.4 Å². The number of carbonyl (C=O) groups is 1. The van der Waals surface area contributed by atoms with Crippen LogP contribution in [0.1, 0.15) is 18.1 Å². The number of rotatable bonds is 11. The van der Waals surface area contributed by atoms with Crippen molar-refractivity contribution in [3.8, 4) is 5.75 Å². The number of sulfonamides is 1. The fourth-order valence-electron chi connectivity index (χ4n) is 4.22. The molecule has 3 aromatic carbocycles. The molecule has 0 unspecified atom stereocenters. The maximum Gasteiger partial charge on any atom is 0.270 e. The van der Waals surface area contributed by atoms with Gasteiger partial charge in [0.15, 0.2) is 0 Å². The Kier molecular flexibility index (Phi) is 9.53. The minimum Gasteiger partial charge on any atom is -0.494 e. The highest BCUT2D eigenvalue weighted by atomic mass is 32.2. The first-order chi connectivity index (χ1) is 19.7. The molecule has 216 valence electrons. The van der Waals surface area contributed by atoms with E-state index in [4.69, 9.17) is 9.47 Å². The van der Waals surface area contributed by atoms with Crippen molar-refractivity contribution in [1.82, 2.24) is 5.43 Å². The lowest BCUT2D eigenvalue weighted by Gasteiger charge is -2.29. The van der Waals surface area contributed by atoms with E-state index in [1.807, 2.05) is 18.7 Å². The summed E-state index contributed by atoms with van der Waals surface area (Å²) < 4.78 is 39.0. The van der Waals surface area contributed by atoms with Crippen molar-refractivity contribution in [1.29, 1.82) is 0 Å². The second-order valence-corrected chi connectivity index (χ2v) is 11.0. The number of morpholine rings is 1. The third-order valence-electron chi connectivity index (χ3n) is 6.30. The molecule has 1 amide bonds. The summed E-state index contributed by atoms with van der Waals surface area (Å²) in [6.45, 7) is 5.79. The first kappa shape index (κ1) is 29.5. The molecule has 0 aliphatic carbocycles. The van der Waals surface area contributed by atoms with Crippen molar-refractivity contribution >= 4 is 39.2 Å². The molecule has 13 heteroatoms. The lowest BCUT2D eigenvalue weighted by Crippen LogP contribution is -2.39. The zero-order chi connectivity index (χ0) is 29.4. The fraction of sp³-hybridized carbons (Fsp3) is 0.286. The van der Waals surface area contributed by atoms with Gasteiger partial charge in [0.1, 0.15) is 12.3 Å². The van der Waals surface area contributed by atoms with Gasteiger partial charge in [-0.15, -0.1) is 0 Å². The van der Waals surface area contributed by atoms with Crippen LogP contribution in [0.2, 0.25) is 0 Å². The number of hydrogen-bond donors (Lipinski definition) is 1. The molecule has 1 saturated heterocycles. The first-order valence-electron chi connectivity index (χ1n) is 12.9. The lowest BCUT2D eigenvalue weighted by molar-refractivity contribution is -0.384. The molecule has 0 atom stereocenters. The Morgan fingerprint density at radius 1 is 1.12 bits per heavy atom. The van der Waals surface area contributed by atoms with Gasteiger partial charge in [0.2, 0.25) is 0 Å². The molecule has 1 fully saturated rings. The van der Waals surface area contributed by atoms with Crippen molar-refractivity contribution in [2.24, 2.45) is 5.10 Å². The van der Waals surface area contributed by atoms with Crippen molar-refractivity contribution in [2.75, 3.05) is 48.7 Å². The normalized spacial score (nSPS) is 13.7. The highest BCUT2D eigenvalue weighted by molar-refractivity contribution is 7.92. The summed E-state index contributed by atoms with van der Waals surface area (Å²) in [6, 6.07) is 17.1. The van der Waals surface area contributed by atoms with E-state index in [1.54, 1.807) is 42.5 Å². The van der Waals surface area contributed by atoms with Gasteiger partial charge in [-0.25, -0.2) is 13.8 Å². The summed E-state index contributed by atoms with van der Waals surface area (Å²) in [4.78, 5) is 25.9. The van der Waals surface area contributed by atoms with Crippen molar-refractivity contribution in [3.63, 3.8) is 0 Å². The van der Waals surface area contributed by atoms with E-state index in [0.717, 1.165) is 9.87 Å². The van der Waals surface area contributed by atoms with E-state index in [0.29, 0.717) is 49.9 Å². The van der Waals surface area contributed by atoms with Gasteiger partial charge in [-0.3, -0.25) is 19.2 Å². The second-order valence-electron chi connectivity index (χ2n) is 9.14. The predicted molar refractivity (Wildman–Crippen MR) is 155 cm³/mol. The Labute approximate surface area is 238 Å². The minimum absolute atomic E-state index is 0.0278. The highest BCUT2D eigenvalue weighted by Crippen LogP contribution is 2.27. The van der Waals surface area contributed by atoms with Crippen LogP contribution in [0.5, 0.6) is 5.75 Å². The molecule has 1 N–H and O–H groups in total. The van der Waals surface area contributed by atoms with Gasteiger partial charge in [-0.05, 0) is 56.3 Å². The predicted octanol–water partition coefficient (Wildman–Crippen LogP) is 3.48. The number of carbonyl (C=O) groups excluding carboxylic acids is 1. The van der Waals surface area contributed by atoms with Crippen molar-refractivity contribution in [2.45, 2.75) is 18.7 Å². The summed E-state index contributed by atoms with van der Waals surface area (Å²) in [5.41, 5.74) is 4.52. The van der Waals surface area contributed by atoms with E-state index in [1.165, 1.54) is 30.5 Å². The first-order valence-corrected chi connectivity index (χ1v) is 14.4. The summed E-state index contributed by atoms with van der Waals surface area (Å²) in [5.74, 6) is -0.143. The van der Waals surface area contributed by atoms with Crippen LogP contribution in [0.3, 0.4) is 0 Å². The maximum absolute atomic E-state index is 13.6. The topological polar surface area (TPSA) is 144 Å². The molecule has 0 spiro atoms. The quantitative estimate of drug-likeness (QED) is 0.206. The van der Waals surface area contributed by atoms with E-state index in [2.05, 4.69) is 10.5 Å². The van der Waals surface area contributed by atoms with Crippen LogP contribution in [0, 0.1) is 17.0 Å². The van der Waals surface area contributed by atoms with Crippen LogP contribution in [0.25, 0.3) is 0 Å². The number of nitro groups is 1. The van der Waals surface area contributed by atoms with E-state index < -0.39 is 27.4 Å². The Morgan fingerprint density at radius 2 is 1.80 bits per heavy atom. The zero-order valence-corrected chi connectivity index (χ0v) is 23.5. The monoisotopic (exact) mass is 581 g/mol. The van der Waals surface area contributed by atoms with Crippen LogP contribution >= 0.6 is 0 Å².